The first-order chi connectivity index (χ1) is 11.1. The van der Waals surface area contributed by atoms with E-state index in [4.69, 9.17) is 11.6 Å². The van der Waals surface area contributed by atoms with Crippen molar-refractivity contribution < 1.29 is 14.4 Å². The standard InChI is InChI=1S/C19H15ClO3/c20-15-8-6-13(7-9-15)19(23)18-16(21)10-14(11-17(18)22)12-4-2-1-3-5-12/h1-9,14,18H,10-11H2. The van der Waals surface area contributed by atoms with Crippen molar-refractivity contribution in [2.24, 2.45) is 5.92 Å². The third kappa shape index (κ3) is 3.25. The van der Waals surface area contributed by atoms with E-state index in [0.717, 1.165) is 5.56 Å². The number of Topliss-reactive ketones (excluding diaryl/α,β-unsaturated/α-hetero) is 3. The fourth-order valence-corrected chi connectivity index (χ4v) is 3.13. The molecule has 4 heteroatoms. The van der Waals surface area contributed by atoms with E-state index >= 15 is 0 Å². The van der Waals surface area contributed by atoms with E-state index in [9.17, 15) is 14.4 Å². The lowest BCUT2D eigenvalue weighted by Crippen LogP contribution is -2.38. The van der Waals surface area contributed by atoms with Crippen molar-refractivity contribution in [3.05, 3.63) is 70.7 Å². The van der Waals surface area contributed by atoms with Crippen LogP contribution in [0.25, 0.3) is 0 Å². The van der Waals surface area contributed by atoms with Gasteiger partial charge in [-0.15, -0.1) is 0 Å². The van der Waals surface area contributed by atoms with Crippen LogP contribution in [0.15, 0.2) is 54.6 Å². The van der Waals surface area contributed by atoms with Crippen LogP contribution in [-0.2, 0) is 9.59 Å². The Labute approximate surface area is 139 Å². The Hall–Kier alpha value is -2.26. The molecule has 2 aromatic carbocycles. The first-order valence-electron chi connectivity index (χ1n) is 7.46. The van der Waals surface area contributed by atoms with E-state index in [-0.39, 0.29) is 30.3 Å². The third-order valence-corrected chi connectivity index (χ3v) is 4.45. The summed E-state index contributed by atoms with van der Waals surface area (Å²) in [5.74, 6) is -2.32. The Morgan fingerprint density at radius 1 is 0.870 bits per heavy atom. The second-order valence-corrected chi connectivity index (χ2v) is 6.19. The minimum Gasteiger partial charge on any atom is -0.298 e. The summed E-state index contributed by atoms with van der Waals surface area (Å²) in [4.78, 5) is 37.3. The van der Waals surface area contributed by atoms with Crippen LogP contribution in [0.2, 0.25) is 5.02 Å². The van der Waals surface area contributed by atoms with Crippen molar-refractivity contribution in [3.63, 3.8) is 0 Å². The Morgan fingerprint density at radius 3 is 2.00 bits per heavy atom. The zero-order valence-corrected chi connectivity index (χ0v) is 13.1. The topological polar surface area (TPSA) is 51.2 Å². The average Bonchev–Trinajstić information content (AvgIpc) is 2.55. The summed E-state index contributed by atoms with van der Waals surface area (Å²) in [6, 6.07) is 15.7. The fraction of sp³-hybridized carbons (Fsp3) is 0.211. The summed E-state index contributed by atoms with van der Waals surface area (Å²) in [5.41, 5.74) is 1.31. The highest BCUT2D eigenvalue weighted by Crippen LogP contribution is 2.33. The second kappa shape index (κ2) is 6.47. The van der Waals surface area contributed by atoms with Crippen LogP contribution in [0.3, 0.4) is 0 Å². The van der Waals surface area contributed by atoms with Gasteiger partial charge in [0.1, 0.15) is 5.92 Å². The van der Waals surface area contributed by atoms with Crippen molar-refractivity contribution in [1.29, 1.82) is 0 Å². The van der Waals surface area contributed by atoms with Gasteiger partial charge in [0.25, 0.3) is 0 Å². The fourth-order valence-electron chi connectivity index (χ4n) is 3.01. The monoisotopic (exact) mass is 326 g/mol. The number of rotatable bonds is 3. The van der Waals surface area contributed by atoms with Crippen LogP contribution in [0.1, 0.15) is 34.7 Å². The summed E-state index contributed by atoms with van der Waals surface area (Å²) in [6.07, 6.45) is 0.444. The van der Waals surface area contributed by atoms with E-state index < -0.39 is 11.7 Å². The molecule has 1 aliphatic rings. The number of ketones is 3. The highest BCUT2D eigenvalue weighted by atomic mass is 35.5. The van der Waals surface area contributed by atoms with Crippen molar-refractivity contribution in [1.82, 2.24) is 0 Å². The van der Waals surface area contributed by atoms with Crippen LogP contribution in [0.4, 0.5) is 0 Å². The number of hydrogen-bond donors (Lipinski definition) is 0. The van der Waals surface area contributed by atoms with Gasteiger partial charge in [0, 0.05) is 23.4 Å². The zero-order chi connectivity index (χ0) is 16.4. The lowest BCUT2D eigenvalue weighted by molar-refractivity contribution is -0.133. The maximum Gasteiger partial charge on any atom is 0.180 e. The van der Waals surface area contributed by atoms with Crippen LogP contribution in [0.5, 0.6) is 0 Å². The highest BCUT2D eigenvalue weighted by molar-refractivity contribution is 6.31. The van der Waals surface area contributed by atoms with Crippen LogP contribution < -0.4 is 0 Å². The number of benzene rings is 2. The first-order valence-corrected chi connectivity index (χ1v) is 7.84. The predicted molar refractivity (Wildman–Crippen MR) is 87.7 cm³/mol. The minimum absolute atomic E-state index is 0.134. The quantitative estimate of drug-likeness (QED) is 0.636. The Kier molecular flexibility index (Phi) is 4.39. The summed E-state index contributed by atoms with van der Waals surface area (Å²) in [5, 5.41) is 0.506. The normalized spacial score (nSPS) is 21.3. The molecule has 2 aromatic rings. The molecule has 0 unspecified atom stereocenters. The maximum atomic E-state index is 12.5. The van der Waals surface area contributed by atoms with Crippen LogP contribution in [-0.4, -0.2) is 17.3 Å². The Bertz CT molecular complexity index is 732. The van der Waals surface area contributed by atoms with E-state index in [2.05, 4.69) is 0 Å². The van der Waals surface area contributed by atoms with Crippen LogP contribution >= 0.6 is 11.6 Å². The van der Waals surface area contributed by atoms with E-state index in [1.807, 2.05) is 30.3 Å². The molecule has 0 spiro atoms. The lowest BCUT2D eigenvalue weighted by Gasteiger charge is -2.26. The molecule has 0 heterocycles. The first kappa shape index (κ1) is 15.6. The van der Waals surface area contributed by atoms with Gasteiger partial charge in [0.15, 0.2) is 17.3 Å². The predicted octanol–water partition coefficient (Wildman–Crippen LogP) is 3.85. The smallest absolute Gasteiger partial charge is 0.180 e. The van der Waals surface area contributed by atoms with E-state index in [1.54, 1.807) is 24.3 Å². The Morgan fingerprint density at radius 2 is 1.43 bits per heavy atom. The SMILES string of the molecule is O=C1CC(c2ccccc2)CC(=O)C1C(=O)c1ccc(Cl)cc1. The van der Waals surface area contributed by atoms with Crippen LogP contribution in [0, 0.1) is 5.92 Å². The van der Waals surface area contributed by atoms with Gasteiger partial charge < -0.3 is 0 Å². The van der Waals surface area contributed by atoms with Crippen molar-refractivity contribution in [3.8, 4) is 0 Å². The molecule has 1 fully saturated rings. The molecule has 1 saturated carbocycles. The largest absolute Gasteiger partial charge is 0.298 e. The third-order valence-electron chi connectivity index (χ3n) is 4.20. The molecule has 0 aromatic heterocycles. The highest BCUT2D eigenvalue weighted by Gasteiger charge is 2.40. The molecule has 0 saturated heterocycles. The molecular weight excluding hydrogens is 312 g/mol. The molecular formula is C19H15ClO3. The van der Waals surface area contributed by atoms with Gasteiger partial charge in [-0.25, -0.2) is 0 Å². The number of hydrogen-bond acceptors (Lipinski definition) is 3. The molecule has 0 bridgehead atoms. The number of carbonyl (C=O) groups is 3. The van der Waals surface area contributed by atoms with Crippen molar-refractivity contribution >= 4 is 29.0 Å². The van der Waals surface area contributed by atoms with Gasteiger partial charge in [0.2, 0.25) is 0 Å². The lowest BCUT2D eigenvalue weighted by atomic mass is 9.74. The Balaban J connectivity index is 1.80. The van der Waals surface area contributed by atoms with Gasteiger partial charge in [-0.1, -0.05) is 41.9 Å². The van der Waals surface area contributed by atoms with E-state index in [1.165, 1.54) is 0 Å². The van der Waals surface area contributed by atoms with Gasteiger partial charge in [-0.3, -0.25) is 14.4 Å². The molecule has 3 nitrogen and oxygen atoms in total. The molecule has 1 aliphatic carbocycles. The molecule has 0 radical (unpaired) electrons. The molecule has 23 heavy (non-hydrogen) atoms. The number of halogens is 1. The minimum atomic E-state index is -1.17. The molecule has 0 atom stereocenters. The molecule has 3 rings (SSSR count). The molecule has 0 N–H and O–H groups in total. The average molecular weight is 327 g/mol. The van der Waals surface area contributed by atoms with Crippen molar-refractivity contribution in [2.45, 2.75) is 18.8 Å². The van der Waals surface area contributed by atoms with E-state index in [0.29, 0.717) is 10.6 Å². The van der Waals surface area contributed by atoms with Gasteiger partial charge in [-0.2, -0.15) is 0 Å². The van der Waals surface area contributed by atoms with Gasteiger partial charge in [-0.05, 0) is 35.7 Å². The molecule has 0 amide bonds. The molecule has 0 aliphatic heterocycles. The van der Waals surface area contributed by atoms with Gasteiger partial charge in [0.05, 0.1) is 0 Å². The summed E-state index contributed by atoms with van der Waals surface area (Å²) < 4.78 is 0. The molecule has 116 valence electrons. The van der Waals surface area contributed by atoms with Gasteiger partial charge >= 0.3 is 0 Å². The zero-order valence-electron chi connectivity index (χ0n) is 12.4. The van der Waals surface area contributed by atoms with Crippen molar-refractivity contribution in [2.75, 3.05) is 0 Å². The maximum absolute atomic E-state index is 12.5. The summed E-state index contributed by atoms with van der Waals surface area (Å²) >= 11 is 5.80. The number of carbonyl (C=O) groups excluding carboxylic acids is 3. The summed E-state index contributed by atoms with van der Waals surface area (Å²) in [7, 11) is 0. The second-order valence-electron chi connectivity index (χ2n) is 5.75. The summed E-state index contributed by atoms with van der Waals surface area (Å²) in [6.45, 7) is 0.